The minimum atomic E-state index is 1.19. The molecule has 0 fully saturated rings. The number of aryl methyl sites for hydroxylation is 1. The summed E-state index contributed by atoms with van der Waals surface area (Å²) in [7, 11) is 1.88. The average Bonchev–Trinajstić information content (AvgIpc) is 2.03. The lowest BCUT2D eigenvalue weighted by Gasteiger charge is -1.96. The van der Waals surface area contributed by atoms with Crippen LogP contribution in [0.2, 0.25) is 0 Å². The largest absolute Gasteiger partial charge is 0.394 e. The molecule has 0 saturated carbocycles. The second kappa shape index (κ2) is 3.76. The van der Waals surface area contributed by atoms with E-state index in [0.29, 0.717) is 0 Å². The molecular formula is C9H12N2. The van der Waals surface area contributed by atoms with Crippen LogP contribution < -0.4 is 5.32 Å². The summed E-state index contributed by atoms with van der Waals surface area (Å²) in [4.78, 5) is 4.00. The van der Waals surface area contributed by atoms with Crippen molar-refractivity contribution in [3.8, 4) is 0 Å². The molecule has 0 atom stereocenters. The third kappa shape index (κ3) is 2.08. The highest BCUT2D eigenvalue weighted by atomic mass is 14.8. The van der Waals surface area contributed by atoms with Crippen LogP contribution in [0.4, 0.5) is 0 Å². The molecule has 0 radical (unpaired) electrons. The number of hydrogen-bond acceptors (Lipinski definition) is 2. The van der Waals surface area contributed by atoms with E-state index in [2.05, 4.69) is 10.3 Å². The molecule has 0 amide bonds. The molecule has 58 valence electrons. The fourth-order valence-electron chi connectivity index (χ4n) is 0.844. The first kappa shape index (κ1) is 7.79. The lowest BCUT2D eigenvalue weighted by Crippen LogP contribution is -1.91. The van der Waals surface area contributed by atoms with Crippen LogP contribution in [0, 0.1) is 6.92 Å². The van der Waals surface area contributed by atoms with E-state index in [9.17, 15) is 0 Å². The van der Waals surface area contributed by atoms with Gasteiger partial charge in [-0.2, -0.15) is 0 Å². The Labute approximate surface area is 67.0 Å². The van der Waals surface area contributed by atoms with Crippen LogP contribution >= 0.6 is 0 Å². The number of hydrogen-bond donors (Lipinski definition) is 1. The predicted octanol–water partition coefficient (Wildman–Crippen LogP) is 1.58. The molecule has 11 heavy (non-hydrogen) atoms. The molecule has 1 aromatic rings. The number of rotatable bonds is 2. The average molecular weight is 148 g/mol. The molecule has 0 aliphatic carbocycles. The van der Waals surface area contributed by atoms with E-state index in [1.54, 1.807) is 6.20 Å². The van der Waals surface area contributed by atoms with Crippen LogP contribution in [-0.4, -0.2) is 12.0 Å². The first-order chi connectivity index (χ1) is 5.34. The van der Waals surface area contributed by atoms with Gasteiger partial charge in [0.2, 0.25) is 0 Å². The molecule has 1 rings (SSSR count). The second-order valence-electron chi connectivity index (χ2n) is 2.35. The smallest absolute Gasteiger partial charge is 0.0303 e. The molecule has 2 nitrogen and oxygen atoms in total. The van der Waals surface area contributed by atoms with Crippen molar-refractivity contribution in [3.05, 3.63) is 35.8 Å². The maximum Gasteiger partial charge on any atom is 0.0303 e. The van der Waals surface area contributed by atoms with Gasteiger partial charge in [-0.05, 0) is 36.4 Å². The van der Waals surface area contributed by atoms with Gasteiger partial charge in [-0.25, -0.2) is 0 Å². The van der Waals surface area contributed by atoms with E-state index in [-0.39, 0.29) is 0 Å². The fraction of sp³-hybridized carbons (Fsp3) is 0.222. The zero-order valence-corrected chi connectivity index (χ0v) is 6.83. The van der Waals surface area contributed by atoms with Gasteiger partial charge in [0, 0.05) is 19.4 Å². The van der Waals surface area contributed by atoms with E-state index in [1.165, 1.54) is 11.1 Å². The summed E-state index contributed by atoms with van der Waals surface area (Å²) in [6, 6.07) is 1.99. The van der Waals surface area contributed by atoms with Crippen molar-refractivity contribution in [2.75, 3.05) is 7.05 Å². The zero-order chi connectivity index (χ0) is 8.10. The van der Waals surface area contributed by atoms with Gasteiger partial charge in [0.25, 0.3) is 0 Å². The Bertz CT molecular complexity index is 253. The lowest BCUT2D eigenvalue weighted by molar-refractivity contribution is 1.11. The molecule has 0 spiro atoms. The van der Waals surface area contributed by atoms with Crippen molar-refractivity contribution in [3.63, 3.8) is 0 Å². The Morgan fingerprint density at radius 1 is 1.55 bits per heavy atom. The lowest BCUT2D eigenvalue weighted by atomic mass is 10.1. The molecule has 1 aromatic heterocycles. The fourth-order valence-corrected chi connectivity index (χ4v) is 0.844. The predicted molar refractivity (Wildman–Crippen MR) is 47.1 cm³/mol. The third-order valence-electron chi connectivity index (χ3n) is 1.49. The maximum absolute atomic E-state index is 4.00. The summed E-state index contributed by atoms with van der Waals surface area (Å²) >= 11 is 0. The van der Waals surface area contributed by atoms with E-state index >= 15 is 0 Å². The van der Waals surface area contributed by atoms with Gasteiger partial charge in [0.05, 0.1) is 0 Å². The van der Waals surface area contributed by atoms with Crippen LogP contribution in [0.15, 0.2) is 24.7 Å². The van der Waals surface area contributed by atoms with Crippen LogP contribution in [0.5, 0.6) is 0 Å². The third-order valence-corrected chi connectivity index (χ3v) is 1.49. The summed E-state index contributed by atoms with van der Waals surface area (Å²) in [6.45, 7) is 2.04. The number of aromatic nitrogens is 1. The summed E-state index contributed by atoms with van der Waals surface area (Å²) < 4.78 is 0. The molecule has 1 heterocycles. The SMILES string of the molecule is CN/C=C\c1ccncc1C. The normalized spacial score (nSPS) is 10.4. The Kier molecular flexibility index (Phi) is 2.66. The minimum Gasteiger partial charge on any atom is -0.394 e. The number of nitrogens with zero attached hydrogens (tertiary/aromatic N) is 1. The van der Waals surface area contributed by atoms with Crippen molar-refractivity contribution < 1.29 is 0 Å². The van der Waals surface area contributed by atoms with E-state index in [1.807, 2.05) is 38.5 Å². The van der Waals surface area contributed by atoms with Crippen molar-refractivity contribution in [2.24, 2.45) is 0 Å². The quantitative estimate of drug-likeness (QED) is 0.688. The summed E-state index contributed by atoms with van der Waals surface area (Å²) in [5, 5.41) is 2.94. The summed E-state index contributed by atoms with van der Waals surface area (Å²) in [5.74, 6) is 0. The standard InChI is InChI=1S/C9H12N2/c1-8-7-11-6-4-9(8)3-5-10-2/h3-7,10H,1-2H3/b5-3-. The van der Waals surface area contributed by atoms with Gasteiger partial charge in [-0.1, -0.05) is 0 Å². The van der Waals surface area contributed by atoms with Gasteiger partial charge in [0.1, 0.15) is 0 Å². The maximum atomic E-state index is 4.00. The molecule has 0 aliphatic rings. The number of nitrogens with one attached hydrogen (secondary N) is 1. The highest BCUT2D eigenvalue weighted by molar-refractivity contribution is 5.51. The zero-order valence-electron chi connectivity index (χ0n) is 6.83. The van der Waals surface area contributed by atoms with Crippen molar-refractivity contribution in [1.29, 1.82) is 0 Å². The highest BCUT2D eigenvalue weighted by Gasteiger charge is 1.89. The Morgan fingerprint density at radius 3 is 3.00 bits per heavy atom. The van der Waals surface area contributed by atoms with Crippen LogP contribution in [0.3, 0.4) is 0 Å². The molecule has 0 aromatic carbocycles. The molecule has 0 bridgehead atoms. The van der Waals surface area contributed by atoms with Gasteiger partial charge in [-0.3, -0.25) is 4.98 Å². The van der Waals surface area contributed by atoms with Gasteiger partial charge in [0.15, 0.2) is 0 Å². The first-order valence-corrected chi connectivity index (χ1v) is 3.59. The molecule has 2 heteroatoms. The Hall–Kier alpha value is -1.31. The number of pyridine rings is 1. The second-order valence-corrected chi connectivity index (χ2v) is 2.35. The molecule has 0 saturated heterocycles. The topological polar surface area (TPSA) is 24.9 Å². The minimum absolute atomic E-state index is 1.19. The van der Waals surface area contributed by atoms with Crippen molar-refractivity contribution >= 4 is 6.08 Å². The van der Waals surface area contributed by atoms with Gasteiger partial charge < -0.3 is 5.32 Å². The Balaban J connectivity index is 2.86. The molecular weight excluding hydrogens is 136 g/mol. The Morgan fingerprint density at radius 2 is 2.36 bits per heavy atom. The highest BCUT2D eigenvalue weighted by Crippen LogP contribution is 2.05. The van der Waals surface area contributed by atoms with E-state index < -0.39 is 0 Å². The molecule has 0 unspecified atom stereocenters. The monoisotopic (exact) mass is 148 g/mol. The van der Waals surface area contributed by atoms with Gasteiger partial charge in [-0.15, -0.1) is 0 Å². The van der Waals surface area contributed by atoms with E-state index in [0.717, 1.165) is 0 Å². The van der Waals surface area contributed by atoms with E-state index in [4.69, 9.17) is 0 Å². The van der Waals surface area contributed by atoms with Crippen molar-refractivity contribution in [1.82, 2.24) is 10.3 Å². The van der Waals surface area contributed by atoms with Crippen molar-refractivity contribution in [2.45, 2.75) is 6.92 Å². The van der Waals surface area contributed by atoms with Gasteiger partial charge >= 0.3 is 0 Å². The van der Waals surface area contributed by atoms with Crippen LogP contribution in [0.25, 0.3) is 6.08 Å². The first-order valence-electron chi connectivity index (χ1n) is 3.59. The van der Waals surface area contributed by atoms with Crippen LogP contribution in [-0.2, 0) is 0 Å². The van der Waals surface area contributed by atoms with Crippen LogP contribution in [0.1, 0.15) is 11.1 Å². The molecule has 0 aliphatic heterocycles. The summed E-state index contributed by atoms with van der Waals surface area (Å²) in [6.07, 6.45) is 7.58. The summed E-state index contributed by atoms with van der Waals surface area (Å²) in [5.41, 5.74) is 2.40. The molecule has 1 N–H and O–H groups in total.